The van der Waals surface area contributed by atoms with Gasteiger partial charge in [0.15, 0.2) is 0 Å². The van der Waals surface area contributed by atoms with Gasteiger partial charge in [-0.2, -0.15) is 0 Å². The van der Waals surface area contributed by atoms with Crippen LogP contribution < -0.4 is 0 Å². The smallest absolute Gasteiger partial charge is 0.329 e. The topological polar surface area (TPSA) is 200 Å². The molecule has 4 aliphatic rings. The van der Waals surface area contributed by atoms with Crippen LogP contribution in [-0.4, -0.2) is 123 Å². The Kier molecular flexibility index (Phi) is 17.2. The number of carbonyl (C=O) groups excluding carboxylic acids is 4. The van der Waals surface area contributed by atoms with E-state index in [1.807, 2.05) is 26.0 Å². The van der Waals surface area contributed by atoms with Gasteiger partial charge in [0.1, 0.15) is 17.9 Å². The standard InChI is InChI=1S/C44H69NO12/c1-8-11-31-17-25(2)16-26(3)18-38(55-7)40-33(24-47)20-28(5)44(54,57-40)41(51)42(52)45-15-10-9-12-34(45)43(53)56-39(29(6)36(49)22-37(31)50)27(4)19-30-13-14-35(48)32(21-30)23-46/h8,17,19,26,28-36,38-40,46-49,54H,1,9-16,18,20-24H2,2-7H3/b25-17+,27-19+/t26-,28+,29+,30-,31?,32-,33+,34?,35+,36-,38-,39+,40-,44+/m0/s1. The molecule has 2 unspecified atom stereocenters. The van der Waals surface area contributed by atoms with Crippen LogP contribution in [-0.2, 0) is 33.4 Å². The van der Waals surface area contributed by atoms with Crippen LogP contribution in [0.15, 0.2) is 36.0 Å². The van der Waals surface area contributed by atoms with Crippen molar-refractivity contribution in [3.8, 4) is 0 Å². The van der Waals surface area contributed by atoms with Gasteiger partial charge in [0.25, 0.3) is 11.7 Å². The molecule has 13 heteroatoms. The predicted molar refractivity (Wildman–Crippen MR) is 212 cm³/mol. The molecule has 0 aromatic carbocycles. The Labute approximate surface area is 338 Å². The molecule has 4 rings (SSSR count). The van der Waals surface area contributed by atoms with Crippen LogP contribution in [0, 0.1) is 41.4 Å². The molecule has 13 nitrogen and oxygen atoms in total. The third kappa shape index (κ3) is 11.3. The Morgan fingerprint density at radius 1 is 0.982 bits per heavy atom. The first kappa shape index (κ1) is 46.9. The molecule has 1 amide bonds. The number of hydrogen-bond donors (Lipinski definition) is 5. The third-order valence-corrected chi connectivity index (χ3v) is 13.1. The molecule has 2 bridgehead atoms. The fourth-order valence-electron chi connectivity index (χ4n) is 9.65. The lowest BCUT2D eigenvalue weighted by Crippen LogP contribution is -2.63. The zero-order valence-electron chi connectivity index (χ0n) is 34.9. The van der Waals surface area contributed by atoms with Gasteiger partial charge in [-0.1, -0.05) is 44.6 Å². The van der Waals surface area contributed by atoms with Gasteiger partial charge in [0.2, 0.25) is 5.79 Å². The third-order valence-electron chi connectivity index (χ3n) is 13.1. The molecular formula is C44H69NO12. The van der Waals surface area contributed by atoms with Crippen molar-refractivity contribution in [2.24, 2.45) is 41.4 Å². The van der Waals surface area contributed by atoms with Crippen LogP contribution in [0.5, 0.6) is 0 Å². The van der Waals surface area contributed by atoms with E-state index in [0.29, 0.717) is 56.9 Å². The van der Waals surface area contributed by atoms with Gasteiger partial charge in [-0.3, -0.25) is 14.4 Å². The van der Waals surface area contributed by atoms with E-state index < -0.39 is 83.7 Å². The Hall–Kier alpha value is -2.78. The Morgan fingerprint density at radius 2 is 1.68 bits per heavy atom. The average Bonchev–Trinajstić information content (AvgIpc) is 3.18. The second kappa shape index (κ2) is 21.0. The lowest BCUT2D eigenvalue weighted by atomic mass is 9.78. The number of cyclic esters (lactones) is 1. The van der Waals surface area contributed by atoms with Crippen LogP contribution in [0.25, 0.3) is 0 Å². The molecular weight excluding hydrogens is 734 g/mol. The number of aliphatic hydroxyl groups excluding tert-OH is 4. The summed E-state index contributed by atoms with van der Waals surface area (Å²) in [6.07, 6.45) is 5.28. The number of allylic oxidation sites excluding steroid dienone is 4. The number of ketones is 2. The molecule has 3 fully saturated rings. The van der Waals surface area contributed by atoms with Gasteiger partial charge in [0.05, 0.1) is 24.4 Å². The molecule has 14 atom stereocenters. The van der Waals surface area contributed by atoms with E-state index in [0.717, 1.165) is 10.5 Å². The molecule has 3 heterocycles. The summed E-state index contributed by atoms with van der Waals surface area (Å²) in [6.45, 7) is 12.5. The van der Waals surface area contributed by atoms with E-state index in [4.69, 9.17) is 14.2 Å². The predicted octanol–water partition coefficient (Wildman–Crippen LogP) is 3.83. The Balaban J connectivity index is 1.78. The molecule has 2 saturated heterocycles. The molecule has 1 aliphatic carbocycles. The summed E-state index contributed by atoms with van der Waals surface area (Å²) >= 11 is 0. The number of piperidine rings is 1. The molecule has 1 saturated carbocycles. The fourth-order valence-corrected chi connectivity index (χ4v) is 9.65. The highest BCUT2D eigenvalue weighted by molar-refractivity contribution is 6.39. The molecule has 0 aromatic heterocycles. The maximum absolute atomic E-state index is 14.3. The van der Waals surface area contributed by atoms with E-state index in [9.17, 15) is 44.7 Å². The van der Waals surface area contributed by atoms with Crippen molar-refractivity contribution in [3.63, 3.8) is 0 Å². The van der Waals surface area contributed by atoms with Crippen LogP contribution in [0.2, 0.25) is 0 Å². The lowest BCUT2D eigenvalue weighted by Gasteiger charge is -2.47. The average molecular weight is 804 g/mol. The number of Topliss-reactive ketones (excluding diaryl/α,β-unsaturated/α-hetero) is 2. The molecule has 5 N–H and O–H groups in total. The van der Waals surface area contributed by atoms with Crippen LogP contribution >= 0.6 is 0 Å². The molecule has 3 aliphatic heterocycles. The maximum atomic E-state index is 14.3. The fraction of sp³-hybridized carbons (Fsp3) is 0.773. The Morgan fingerprint density at radius 3 is 2.33 bits per heavy atom. The van der Waals surface area contributed by atoms with E-state index in [2.05, 4.69) is 6.58 Å². The second-order valence-electron chi connectivity index (χ2n) is 17.6. The number of nitrogens with zero attached hydrogens (tertiary/aromatic N) is 1. The monoisotopic (exact) mass is 803 g/mol. The summed E-state index contributed by atoms with van der Waals surface area (Å²) in [4.78, 5) is 57.7. The molecule has 57 heavy (non-hydrogen) atoms. The minimum atomic E-state index is -2.55. The first-order valence-corrected chi connectivity index (χ1v) is 21.0. The van der Waals surface area contributed by atoms with E-state index >= 15 is 0 Å². The highest BCUT2D eigenvalue weighted by atomic mass is 16.7. The van der Waals surface area contributed by atoms with Crippen molar-refractivity contribution in [2.75, 3.05) is 26.9 Å². The lowest BCUT2D eigenvalue weighted by molar-refractivity contribution is -0.294. The number of hydrogen-bond acceptors (Lipinski definition) is 12. The van der Waals surface area contributed by atoms with Crippen molar-refractivity contribution in [1.82, 2.24) is 4.90 Å². The van der Waals surface area contributed by atoms with Gasteiger partial charge in [-0.25, -0.2) is 4.79 Å². The largest absolute Gasteiger partial charge is 0.456 e. The zero-order valence-corrected chi connectivity index (χ0v) is 34.9. The number of amides is 1. The van der Waals surface area contributed by atoms with Gasteiger partial charge in [-0.05, 0) is 95.5 Å². The first-order chi connectivity index (χ1) is 27.0. The number of aliphatic hydroxyl groups is 5. The number of carbonyl (C=O) groups is 4. The SMILES string of the molecule is C=CCC1/C=C(\C)C[C@H](C)C[C@H](OC)[C@H]2O[C@@](O)(C(=O)C(=O)N3CCCCC3C(=O)O[C@H](/C(C)=C/[C@@H]3CC[C@@H](O)[C@H](CO)C3)[C@H](C)[C@@H](O)CC1=O)[C@H](C)C[C@@H]2CO. The normalized spacial score (nSPS) is 41.0. The van der Waals surface area contributed by atoms with Crippen LogP contribution in [0.3, 0.4) is 0 Å². The summed E-state index contributed by atoms with van der Waals surface area (Å²) in [5, 5.41) is 54.3. The van der Waals surface area contributed by atoms with Gasteiger partial charge in [-0.15, -0.1) is 6.58 Å². The maximum Gasteiger partial charge on any atom is 0.329 e. The number of methoxy groups -OCH3 is 1. The van der Waals surface area contributed by atoms with E-state index in [-0.39, 0.29) is 62.6 Å². The zero-order chi connectivity index (χ0) is 42.2. The van der Waals surface area contributed by atoms with E-state index in [1.165, 1.54) is 7.11 Å². The Bertz CT molecular complexity index is 1480. The van der Waals surface area contributed by atoms with Crippen molar-refractivity contribution >= 4 is 23.4 Å². The summed E-state index contributed by atoms with van der Waals surface area (Å²) < 4.78 is 18.3. The highest BCUT2D eigenvalue weighted by Crippen LogP contribution is 2.41. The van der Waals surface area contributed by atoms with Crippen molar-refractivity contribution in [2.45, 2.75) is 148 Å². The minimum Gasteiger partial charge on any atom is -0.456 e. The molecule has 0 spiro atoms. The summed E-state index contributed by atoms with van der Waals surface area (Å²) in [6, 6.07) is -1.17. The minimum absolute atomic E-state index is 0.0222. The van der Waals surface area contributed by atoms with Crippen LogP contribution in [0.1, 0.15) is 105 Å². The number of ether oxygens (including phenoxy) is 3. The van der Waals surface area contributed by atoms with Gasteiger partial charge < -0.3 is 44.6 Å². The summed E-state index contributed by atoms with van der Waals surface area (Å²) in [5.41, 5.74) is 1.55. The van der Waals surface area contributed by atoms with Crippen molar-refractivity contribution < 1.29 is 58.9 Å². The quantitative estimate of drug-likeness (QED) is 0.142. The number of fused-ring (bicyclic) bond motifs is 3. The van der Waals surface area contributed by atoms with Crippen molar-refractivity contribution in [3.05, 3.63) is 36.0 Å². The van der Waals surface area contributed by atoms with Gasteiger partial charge >= 0.3 is 5.97 Å². The molecule has 0 aromatic rings. The number of esters is 1. The van der Waals surface area contributed by atoms with Gasteiger partial charge in [0, 0.05) is 62.9 Å². The summed E-state index contributed by atoms with van der Waals surface area (Å²) in [7, 11) is 1.49. The van der Waals surface area contributed by atoms with Crippen molar-refractivity contribution in [1.29, 1.82) is 0 Å². The van der Waals surface area contributed by atoms with Crippen LogP contribution in [0.4, 0.5) is 0 Å². The molecule has 322 valence electrons. The van der Waals surface area contributed by atoms with E-state index in [1.54, 1.807) is 26.8 Å². The molecule has 0 radical (unpaired) electrons. The number of rotatable bonds is 7. The first-order valence-electron chi connectivity index (χ1n) is 21.0. The second-order valence-corrected chi connectivity index (χ2v) is 17.6. The highest BCUT2D eigenvalue weighted by Gasteiger charge is 2.56. The summed E-state index contributed by atoms with van der Waals surface area (Å²) in [5.74, 6) is -8.89.